The Morgan fingerprint density at radius 1 is 1.33 bits per heavy atom. The molecule has 5 heteroatoms. The van der Waals surface area contributed by atoms with Crippen molar-refractivity contribution in [2.75, 3.05) is 0 Å². The molecule has 1 aromatic heterocycles. The summed E-state index contributed by atoms with van der Waals surface area (Å²) in [6.45, 7) is 4.91. The molecule has 1 aromatic carbocycles. The number of hydrogen-bond donors (Lipinski definition) is 1. The van der Waals surface area contributed by atoms with Gasteiger partial charge in [-0.05, 0) is 32.0 Å². The van der Waals surface area contributed by atoms with E-state index in [4.69, 9.17) is 0 Å². The molecule has 1 N–H and O–H groups in total. The van der Waals surface area contributed by atoms with Crippen molar-refractivity contribution in [1.82, 2.24) is 10.3 Å². The summed E-state index contributed by atoms with van der Waals surface area (Å²) in [5.74, 6) is -0.0486. The van der Waals surface area contributed by atoms with E-state index in [9.17, 15) is 9.59 Å². The molecule has 1 amide bonds. The van der Waals surface area contributed by atoms with Crippen LogP contribution in [0.4, 0.5) is 0 Å². The first-order chi connectivity index (χ1) is 8.47. The van der Waals surface area contributed by atoms with Crippen LogP contribution in [-0.4, -0.2) is 16.7 Å². The Kier molecular flexibility index (Phi) is 3.43. The van der Waals surface area contributed by atoms with Gasteiger partial charge in [0.05, 0.1) is 16.3 Å². The molecule has 4 nitrogen and oxygen atoms in total. The molecule has 94 valence electrons. The van der Waals surface area contributed by atoms with Crippen molar-refractivity contribution in [3.8, 4) is 0 Å². The van der Waals surface area contributed by atoms with Gasteiger partial charge in [-0.3, -0.25) is 9.59 Å². The van der Waals surface area contributed by atoms with Crippen LogP contribution in [0.3, 0.4) is 0 Å². The number of hydrogen-bond acceptors (Lipinski definition) is 4. The van der Waals surface area contributed by atoms with Crippen LogP contribution in [0.1, 0.15) is 42.2 Å². The lowest BCUT2D eigenvalue weighted by Crippen LogP contribution is -2.23. The largest absolute Gasteiger partial charge is 0.347 e. The number of rotatable bonds is 3. The molecular formula is C13H14N2O2S. The number of nitrogens with one attached hydrogen (secondary N) is 1. The smallest absolute Gasteiger partial charge is 0.217 e. The molecule has 1 unspecified atom stereocenters. The van der Waals surface area contributed by atoms with E-state index in [1.54, 1.807) is 12.1 Å². The number of ketones is 1. The number of fused-ring (bicyclic) bond motifs is 1. The lowest BCUT2D eigenvalue weighted by atomic mass is 10.1. The molecule has 2 aromatic rings. The quantitative estimate of drug-likeness (QED) is 0.865. The number of thiazole rings is 1. The zero-order valence-corrected chi connectivity index (χ0v) is 11.3. The van der Waals surface area contributed by atoms with Crippen LogP contribution in [0, 0.1) is 0 Å². The van der Waals surface area contributed by atoms with Gasteiger partial charge in [-0.2, -0.15) is 0 Å². The van der Waals surface area contributed by atoms with E-state index < -0.39 is 0 Å². The second kappa shape index (κ2) is 4.86. The van der Waals surface area contributed by atoms with Gasteiger partial charge < -0.3 is 5.32 Å². The van der Waals surface area contributed by atoms with Gasteiger partial charge in [0.25, 0.3) is 0 Å². The number of benzene rings is 1. The summed E-state index contributed by atoms with van der Waals surface area (Å²) in [6, 6.07) is 5.38. The van der Waals surface area contributed by atoms with Crippen molar-refractivity contribution >= 4 is 33.2 Å². The van der Waals surface area contributed by atoms with Crippen LogP contribution < -0.4 is 5.32 Å². The molecule has 0 fully saturated rings. The Hall–Kier alpha value is -1.75. The Morgan fingerprint density at radius 3 is 2.67 bits per heavy atom. The monoisotopic (exact) mass is 262 g/mol. The standard InChI is InChI=1S/C13H14N2O2S/c1-7(14-9(3)17)13-15-11-6-10(8(2)16)4-5-12(11)18-13/h4-7H,1-3H3,(H,14,17). The van der Waals surface area contributed by atoms with Crippen molar-refractivity contribution in [3.05, 3.63) is 28.8 Å². The first-order valence-corrected chi connectivity index (χ1v) is 6.47. The van der Waals surface area contributed by atoms with E-state index >= 15 is 0 Å². The fourth-order valence-electron chi connectivity index (χ4n) is 1.72. The van der Waals surface area contributed by atoms with Gasteiger partial charge in [0.2, 0.25) is 5.91 Å². The Bertz CT molecular complexity index is 618. The first kappa shape index (κ1) is 12.7. The molecule has 0 radical (unpaired) electrons. The van der Waals surface area contributed by atoms with Crippen LogP contribution >= 0.6 is 11.3 Å². The Morgan fingerprint density at radius 2 is 2.06 bits per heavy atom. The van der Waals surface area contributed by atoms with Crippen LogP contribution in [0.2, 0.25) is 0 Å². The summed E-state index contributed by atoms with van der Waals surface area (Å²) in [6.07, 6.45) is 0. The molecule has 0 saturated carbocycles. The normalized spacial score (nSPS) is 12.4. The number of nitrogens with zero attached hydrogens (tertiary/aromatic N) is 1. The molecule has 1 heterocycles. The Balaban J connectivity index is 2.38. The van der Waals surface area contributed by atoms with Gasteiger partial charge in [-0.1, -0.05) is 0 Å². The molecule has 0 saturated heterocycles. The average molecular weight is 262 g/mol. The zero-order valence-electron chi connectivity index (χ0n) is 10.5. The number of carbonyl (C=O) groups excluding carboxylic acids is 2. The summed E-state index contributed by atoms with van der Waals surface area (Å²) in [7, 11) is 0. The summed E-state index contributed by atoms with van der Waals surface area (Å²) in [5.41, 5.74) is 1.46. The third kappa shape index (κ3) is 2.56. The number of Topliss-reactive ketones (excluding diaryl/α,β-unsaturated/α-hetero) is 1. The first-order valence-electron chi connectivity index (χ1n) is 5.66. The summed E-state index contributed by atoms with van der Waals surface area (Å²) in [4.78, 5) is 26.8. The predicted molar refractivity (Wildman–Crippen MR) is 71.9 cm³/mol. The maximum absolute atomic E-state index is 11.3. The fraction of sp³-hybridized carbons (Fsp3) is 0.308. The lowest BCUT2D eigenvalue weighted by molar-refractivity contribution is -0.119. The fourth-order valence-corrected chi connectivity index (χ4v) is 2.67. The van der Waals surface area contributed by atoms with Crippen molar-refractivity contribution in [2.24, 2.45) is 0 Å². The van der Waals surface area contributed by atoms with Gasteiger partial charge >= 0.3 is 0 Å². The van der Waals surface area contributed by atoms with E-state index in [1.165, 1.54) is 25.2 Å². The van der Waals surface area contributed by atoms with Crippen molar-refractivity contribution in [2.45, 2.75) is 26.8 Å². The number of amides is 1. The molecule has 18 heavy (non-hydrogen) atoms. The lowest BCUT2D eigenvalue weighted by Gasteiger charge is -2.07. The van der Waals surface area contributed by atoms with Gasteiger partial charge in [-0.15, -0.1) is 11.3 Å². The van der Waals surface area contributed by atoms with E-state index in [0.717, 1.165) is 15.2 Å². The summed E-state index contributed by atoms with van der Waals surface area (Å²) >= 11 is 1.53. The molecule has 0 aliphatic rings. The third-order valence-electron chi connectivity index (χ3n) is 2.60. The van der Waals surface area contributed by atoms with Gasteiger partial charge in [0.1, 0.15) is 5.01 Å². The third-order valence-corrected chi connectivity index (χ3v) is 3.82. The summed E-state index contributed by atoms with van der Waals surface area (Å²) < 4.78 is 1.02. The van der Waals surface area contributed by atoms with Crippen LogP contribution in [0.5, 0.6) is 0 Å². The highest BCUT2D eigenvalue weighted by Crippen LogP contribution is 2.27. The SMILES string of the molecule is CC(=O)NC(C)c1nc2cc(C(C)=O)ccc2s1. The number of carbonyl (C=O) groups is 2. The highest BCUT2D eigenvalue weighted by molar-refractivity contribution is 7.18. The minimum Gasteiger partial charge on any atom is -0.347 e. The molecule has 0 aliphatic heterocycles. The van der Waals surface area contributed by atoms with E-state index in [2.05, 4.69) is 10.3 Å². The van der Waals surface area contributed by atoms with Crippen molar-refractivity contribution in [1.29, 1.82) is 0 Å². The van der Waals surface area contributed by atoms with E-state index in [-0.39, 0.29) is 17.7 Å². The van der Waals surface area contributed by atoms with E-state index in [1.807, 2.05) is 13.0 Å². The van der Waals surface area contributed by atoms with Crippen molar-refractivity contribution in [3.63, 3.8) is 0 Å². The molecule has 0 spiro atoms. The molecule has 0 bridgehead atoms. The van der Waals surface area contributed by atoms with Crippen LogP contribution in [-0.2, 0) is 4.79 Å². The molecule has 0 aliphatic carbocycles. The minimum absolute atomic E-state index is 0.0290. The topological polar surface area (TPSA) is 59.1 Å². The predicted octanol–water partition coefficient (Wildman–Crippen LogP) is 2.70. The van der Waals surface area contributed by atoms with E-state index in [0.29, 0.717) is 5.56 Å². The zero-order chi connectivity index (χ0) is 13.3. The molecule has 1 atom stereocenters. The minimum atomic E-state index is -0.110. The van der Waals surface area contributed by atoms with Crippen LogP contribution in [0.25, 0.3) is 10.2 Å². The highest BCUT2D eigenvalue weighted by Gasteiger charge is 2.13. The van der Waals surface area contributed by atoms with Gasteiger partial charge in [0, 0.05) is 12.5 Å². The second-order valence-corrected chi connectivity index (χ2v) is 5.28. The highest BCUT2D eigenvalue weighted by atomic mass is 32.1. The second-order valence-electron chi connectivity index (χ2n) is 4.21. The van der Waals surface area contributed by atoms with Crippen LogP contribution in [0.15, 0.2) is 18.2 Å². The number of aromatic nitrogens is 1. The summed E-state index contributed by atoms with van der Waals surface area (Å²) in [5, 5.41) is 3.65. The Labute approximate surface area is 109 Å². The average Bonchev–Trinajstić information content (AvgIpc) is 2.70. The molecular weight excluding hydrogens is 248 g/mol. The van der Waals surface area contributed by atoms with Crippen molar-refractivity contribution < 1.29 is 9.59 Å². The van der Waals surface area contributed by atoms with Gasteiger partial charge in [0.15, 0.2) is 5.78 Å². The maximum atomic E-state index is 11.3. The molecule has 2 rings (SSSR count). The van der Waals surface area contributed by atoms with Gasteiger partial charge in [-0.25, -0.2) is 4.98 Å². The maximum Gasteiger partial charge on any atom is 0.217 e.